The summed E-state index contributed by atoms with van der Waals surface area (Å²) in [4.78, 5) is 17.4. The molecule has 202 valence electrons. The highest BCUT2D eigenvalue weighted by Crippen LogP contribution is 2.38. The Bertz CT molecular complexity index is 1500. The van der Waals surface area contributed by atoms with Gasteiger partial charge >= 0.3 is 0 Å². The number of hydrogen-bond acceptors (Lipinski definition) is 9. The molecule has 1 amide bonds. The average molecular weight is 567 g/mol. The van der Waals surface area contributed by atoms with E-state index < -0.39 is 0 Å². The molecule has 0 spiro atoms. The molecule has 0 radical (unpaired) electrons. The zero-order valence-corrected chi connectivity index (χ0v) is 23.6. The quantitative estimate of drug-likeness (QED) is 0.234. The molecule has 0 aliphatic heterocycles. The number of methoxy groups -OCH3 is 4. The minimum absolute atomic E-state index is 0.0781. The minimum Gasteiger partial charge on any atom is -0.493 e. The van der Waals surface area contributed by atoms with Gasteiger partial charge in [-0.05, 0) is 61.0 Å². The number of amides is 1. The van der Waals surface area contributed by atoms with Crippen molar-refractivity contribution < 1.29 is 23.7 Å². The number of anilines is 1. The maximum atomic E-state index is 12.7. The highest BCUT2D eigenvalue weighted by atomic mass is 35.5. The van der Waals surface area contributed by atoms with E-state index in [1.165, 1.54) is 11.8 Å². The van der Waals surface area contributed by atoms with Gasteiger partial charge in [0.2, 0.25) is 11.1 Å². The summed E-state index contributed by atoms with van der Waals surface area (Å²) in [5.41, 5.74) is 3.97. The molecule has 3 aromatic carbocycles. The Labute approximate surface area is 235 Å². The predicted octanol–water partition coefficient (Wildman–Crippen LogP) is 5.93. The van der Waals surface area contributed by atoms with Crippen molar-refractivity contribution in [3.8, 4) is 45.5 Å². The monoisotopic (exact) mass is 566 g/mol. The van der Waals surface area contributed by atoms with Gasteiger partial charge < -0.3 is 24.3 Å². The van der Waals surface area contributed by atoms with Gasteiger partial charge in [0, 0.05) is 21.8 Å². The maximum absolute atomic E-state index is 12.7. The van der Waals surface area contributed by atoms with Crippen LogP contribution in [0.5, 0.6) is 23.0 Å². The number of ether oxygens (including phenoxy) is 4. The fourth-order valence-electron chi connectivity index (χ4n) is 3.79. The molecule has 0 saturated carbocycles. The van der Waals surface area contributed by atoms with Crippen LogP contribution in [0.1, 0.15) is 5.56 Å². The van der Waals surface area contributed by atoms with E-state index in [0.29, 0.717) is 50.3 Å². The second kappa shape index (κ2) is 12.7. The van der Waals surface area contributed by atoms with Crippen LogP contribution in [-0.4, -0.2) is 55.3 Å². The number of carbonyl (C=O) groups is 1. The van der Waals surface area contributed by atoms with E-state index in [-0.39, 0.29) is 11.7 Å². The number of benzene rings is 3. The first-order valence-corrected chi connectivity index (χ1v) is 13.1. The van der Waals surface area contributed by atoms with Gasteiger partial charge in [-0.25, -0.2) is 4.98 Å². The third-order valence-electron chi connectivity index (χ3n) is 5.86. The number of halogens is 1. The van der Waals surface area contributed by atoms with E-state index in [2.05, 4.69) is 15.5 Å². The Morgan fingerprint density at radius 3 is 2.00 bits per heavy atom. The topological polar surface area (TPSA) is 105 Å². The summed E-state index contributed by atoms with van der Waals surface area (Å²) in [5.74, 6) is 2.11. The molecule has 0 unspecified atom stereocenters. The molecular weight excluding hydrogens is 540 g/mol. The van der Waals surface area contributed by atoms with Crippen LogP contribution in [-0.2, 0) is 4.79 Å². The fraction of sp³-hybridized carbons (Fsp3) is 0.214. The smallest absolute Gasteiger partial charge is 0.234 e. The lowest BCUT2D eigenvalue weighted by atomic mass is 10.0. The Hall–Kier alpha value is -4.02. The van der Waals surface area contributed by atoms with Gasteiger partial charge in [0.05, 0.1) is 34.2 Å². The summed E-state index contributed by atoms with van der Waals surface area (Å²) in [6.07, 6.45) is 0. The van der Waals surface area contributed by atoms with Crippen LogP contribution in [0.25, 0.3) is 22.5 Å². The number of nitrogens with zero attached hydrogens (tertiary/aromatic N) is 3. The zero-order valence-electron chi connectivity index (χ0n) is 22.1. The normalized spacial score (nSPS) is 10.6. The van der Waals surface area contributed by atoms with Crippen LogP contribution in [0.4, 0.5) is 5.69 Å². The van der Waals surface area contributed by atoms with E-state index in [0.717, 1.165) is 16.7 Å². The van der Waals surface area contributed by atoms with E-state index in [1.54, 1.807) is 58.8 Å². The lowest BCUT2D eigenvalue weighted by Gasteiger charge is -2.14. The van der Waals surface area contributed by atoms with Crippen molar-refractivity contribution in [2.75, 3.05) is 39.5 Å². The number of thioether (sulfide) groups is 1. The van der Waals surface area contributed by atoms with Gasteiger partial charge in [-0.2, -0.15) is 0 Å². The molecule has 1 N–H and O–H groups in total. The lowest BCUT2D eigenvalue weighted by molar-refractivity contribution is -0.113. The second-order valence-corrected chi connectivity index (χ2v) is 9.53. The van der Waals surface area contributed by atoms with Crippen molar-refractivity contribution >= 4 is 35.0 Å². The van der Waals surface area contributed by atoms with Crippen LogP contribution in [0, 0.1) is 6.92 Å². The second-order valence-electron chi connectivity index (χ2n) is 8.18. The number of nitrogens with one attached hydrogen (secondary N) is 1. The first-order valence-electron chi connectivity index (χ1n) is 11.8. The van der Waals surface area contributed by atoms with Crippen LogP contribution < -0.4 is 24.3 Å². The summed E-state index contributed by atoms with van der Waals surface area (Å²) < 4.78 is 21.7. The van der Waals surface area contributed by atoms with Gasteiger partial charge in [0.1, 0.15) is 11.4 Å². The first-order chi connectivity index (χ1) is 18.9. The third-order valence-corrected chi connectivity index (χ3v) is 7.10. The van der Waals surface area contributed by atoms with E-state index in [4.69, 9.17) is 35.5 Å². The summed E-state index contributed by atoms with van der Waals surface area (Å²) in [6, 6.07) is 16.3. The van der Waals surface area contributed by atoms with Crippen LogP contribution >= 0.6 is 23.4 Å². The Morgan fingerprint density at radius 2 is 1.41 bits per heavy atom. The van der Waals surface area contributed by atoms with Gasteiger partial charge in [0.25, 0.3) is 0 Å². The highest BCUT2D eigenvalue weighted by Gasteiger charge is 2.19. The van der Waals surface area contributed by atoms with Crippen molar-refractivity contribution in [1.82, 2.24) is 15.2 Å². The number of rotatable bonds is 10. The third kappa shape index (κ3) is 6.35. The fourth-order valence-corrected chi connectivity index (χ4v) is 4.56. The van der Waals surface area contributed by atoms with Gasteiger partial charge in [-0.1, -0.05) is 29.4 Å². The lowest BCUT2D eigenvalue weighted by Crippen LogP contribution is -2.15. The van der Waals surface area contributed by atoms with Crippen molar-refractivity contribution in [2.24, 2.45) is 0 Å². The van der Waals surface area contributed by atoms with Crippen molar-refractivity contribution in [1.29, 1.82) is 0 Å². The molecule has 4 aromatic rings. The molecule has 11 heteroatoms. The van der Waals surface area contributed by atoms with Gasteiger partial charge in [-0.3, -0.25) is 4.79 Å². The SMILES string of the molecule is COc1ccc(-c2nnc(SCC(=O)Nc3cccc(Cl)c3C)nc2-c2ccc(OC)c(OC)c2)cc1OC. The predicted molar refractivity (Wildman–Crippen MR) is 152 cm³/mol. The molecule has 4 rings (SSSR count). The van der Waals surface area contributed by atoms with Crippen LogP contribution in [0.15, 0.2) is 59.8 Å². The number of carbonyl (C=O) groups excluding carboxylic acids is 1. The molecule has 0 bridgehead atoms. The van der Waals surface area contributed by atoms with Crippen molar-refractivity contribution in [2.45, 2.75) is 12.1 Å². The molecule has 0 saturated heterocycles. The number of aromatic nitrogens is 3. The minimum atomic E-state index is -0.217. The van der Waals surface area contributed by atoms with Crippen LogP contribution in [0.3, 0.4) is 0 Å². The van der Waals surface area contributed by atoms with Gasteiger partial charge in [0.15, 0.2) is 23.0 Å². The largest absolute Gasteiger partial charge is 0.493 e. The standard InChI is InChI=1S/C28H27ClN4O5S/c1-16-19(29)7-6-8-20(16)30-25(34)15-39-28-31-26(17-9-11-21(35-2)23(13-17)37-4)27(32-33-28)18-10-12-22(36-3)24(14-18)38-5/h6-14H,15H2,1-5H3,(H,30,34). The first kappa shape index (κ1) is 28.0. The Kier molecular flexibility index (Phi) is 9.11. The molecule has 1 heterocycles. The molecule has 1 aromatic heterocycles. The average Bonchev–Trinajstić information content (AvgIpc) is 2.97. The molecule has 39 heavy (non-hydrogen) atoms. The molecule has 0 aliphatic rings. The summed E-state index contributed by atoms with van der Waals surface area (Å²) >= 11 is 7.34. The maximum Gasteiger partial charge on any atom is 0.234 e. The van der Waals surface area contributed by atoms with Crippen molar-refractivity contribution in [3.63, 3.8) is 0 Å². The van der Waals surface area contributed by atoms with E-state index >= 15 is 0 Å². The molecule has 0 aliphatic carbocycles. The molecule has 0 fully saturated rings. The Morgan fingerprint density at radius 1 is 0.821 bits per heavy atom. The van der Waals surface area contributed by atoms with E-state index in [1.807, 2.05) is 31.2 Å². The molecule has 9 nitrogen and oxygen atoms in total. The molecule has 0 atom stereocenters. The van der Waals surface area contributed by atoms with E-state index in [9.17, 15) is 4.79 Å². The Balaban J connectivity index is 1.68. The summed E-state index contributed by atoms with van der Waals surface area (Å²) in [5, 5.41) is 12.6. The summed E-state index contributed by atoms with van der Waals surface area (Å²) in [6.45, 7) is 1.85. The number of hydrogen-bond donors (Lipinski definition) is 1. The van der Waals surface area contributed by atoms with Gasteiger partial charge in [-0.15, -0.1) is 10.2 Å². The molecular formula is C28H27ClN4O5S. The van der Waals surface area contributed by atoms with Crippen LogP contribution in [0.2, 0.25) is 5.02 Å². The zero-order chi connectivity index (χ0) is 27.9. The van der Waals surface area contributed by atoms with Crippen molar-refractivity contribution in [3.05, 3.63) is 65.2 Å². The summed E-state index contributed by atoms with van der Waals surface area (Å²) in [7, 11) is 6.28. The highest BCUT2D eigenvalue weighted by molar-refractivity contribution is 7.99.